The van der Waals surface area contributed by atoms with E-state index in [4.69, 9.17) is 4.74 Å². The van der Waals surface area contributed by atoms with Gasteiger partial charge in [-0.3, -0.25) is 0 Å². The van der Waals surface area contributed by atoms with E-state index in [0.29, 0.717) is 28.6 Å². The van der Waals surface area contributed by atoms with Crippen molar-refractivity contribution in [2.24, 2.45) is 0 Å². The Morgan fingerprint density at radius 3 is 2.80 bits per heavy atom. The predicted molar refractivity (Wildman–Crippen MR) is 81.3 cm³/mol. The van der Waals surface area contributed by atoms with Crippen molar-refractivity contribution in [1.29, 1.82) is 0 Å². The lowest BCUT2D eigenvalue weighted by molar-refractivity contribution is 0.0524. The molecule has 1 aliphatic carbocycles. The van der Waals surface area contributed by atoms with E-state index >= 15 is 0 Å². The molecule has 0 radical (unpaired) electrons. The Morgan fingerprint density at radius 2 is 2.30 bits per heavy atom. The van der Waals surface area contributed by atoms with Crippen LogP contribution in [0.25, 0.3) is 0 Å². The number of esters is 1. The van der Waals surface area contributed by atoms with Crippen LogP contribution in [0.2, 0.25) is 0 Å². The number of nitrogens with one attached hydrogen (secondary N) is 1. The Kier molecular flexibility index (Phi) is 4.86. The van der Waals surface area contributed by atoms with Crippen molar-refractivity contribution in [3.05, 3.63) is 17.5 Å². The minimum absolute atomic E-state index is 0.330. The number of hydrogen-bond acceptors (Lipinski definition) is 6. The molecule has 0 atom stereocenters. The zero-order chi connectivity index (χ0) is 14.6. The fourth-order valence-electron chi connectivity index (χ4n) is 2.23. The van der Waals surface area contributed by atoms with E-state index in [1.54, 1.807) is 13.8 Å². The van der Waals surface area contributed by atoms with Gasteiger partial charge in [-0.25, -0.2) is 14.8 Å². The Balaban J connectivity index is 2.00. The van der Waals surface area contributed by atoms with E-state index in [1.807, 2.05) is 11.8 Å². The number of carbonyl (C=O) groups excluding carboxylic acids is 1. The van der Waals surface area contributed by atoms with E-state index in [1.165, 1.54) is 25.5 Å². The fourth-order valence-corrected chi connectivity index (χ4v) is 3.14. The molecule has 5 nitrogen and oxygen atoms in total. The van der Waals surface area contributed by atoms with Crippen LogP contribution in [-0.2, 0) is 4.74 Å². The minimum atomic E-state index is -0.365. The molecule has 0 aliphatic heterocycles. The molecule has 1 fully saturated rings. The van der Waals surface area contributed by atoms with E-state index < -0.39 is 0 Å². The highest BCUT2D eigenvalue weighted by molar-refractivity contribution is 8.00. The van der Waals surface area contributed by atoms with Crippen molar-refractivity contribution in [3.8, 4) is 0 Å². The molecular weight excluding hydrogens is 274 g/mol. The van der Waals surface area contributed by atoms with Crippen LogP contribution >= 0.6 is 11.8 Å². The van der Waals surface area contributed by atoms with E-state index in [9.17, 15) is 4.79 Å². The number of hydrogen-bond donors (Lipinski definition) is 1. The van der Waals surface area contributed by atoms with Crippen molar-refractivity contribution in [1.82, 2.24) is 9.97 Å². The van der Waals surface area contributed by atoms with E-state index in [-0.39, 0.29) is 5.97 Å². The number of aryl methyl sites for hydroxylation is 1. The maximum Gasteiger partial charge on any atom is 0.341 e. The maximum atomic E-state index is 11.7. The van der Waals surface area contributed by atoms with Gasteiger partial charge in [-0.15, -0.1) is 0 Å². The topological polar surface area (TPSA) is 64.1 Å². The second-order valence-corrected chi connectivity index (χ2v) is 6.28. The molecule has 6 heteroatoms. The molecule has 1 aromatic heterocycles. The SMILES string of the molecule is CCOC(=O)c1cnc(NCC2(SC)CCC2)nc1C. The third-order valence-electron chi connectivity index (χ3n) is 3.74. The summed E-state index contributed by atoms with van der Waals surface area (Å²) in [4.78, 5) is 20.2. The normalized spacial score (nSPS) is 16.4. The highest BCUT2D eigenvalue weighted by Gasteiger charge is 2.36. The molecule has 0 saturated heterocycles. The molecule has 20 heavy (non-hydrogen) atoms. The standard InChI is InChI=1S/C14H21N3O2S/c1-4-19-12(18)11-8-15-13(17-10(11)2)16-9-14(20-3)6-5-7-14/h8H,4-7,9H2,1-3H3,(H,15,16,17). The van der Waals surface area contributed by atoms with Crippen molar-refractivity contribution < 1.29 is 9.53 Å². The lowest BCUT2D eigenvalue weighted by Gasteiger charge is -2.40. The molecule has 1 N–H and O–H groups in total. The monoisotopic (exact) mass is 295 g/mol. The van der Waals surface area contributed by atoms with Gasteiger partial charge in [-0.2, -0.15) is 11.8 Å². The van der Waals surface area contributed by atoms with Crippen LogP contribution in [0.4, 0.5) is 5.95 Å². The summed E-state index contributed by atoms with van der Waals surface area (Å²) < 4.78 is 5.29. The Morgan fingerprint density at radius 1 is 1.55 bits per heavy atom. The van der Waals surface area contributed by atoms with Gasteiger partial charge in [0.05, 0.1) is 17.9 Å². The van der Waals surface area contributed by atoms with Gasteiger partial charge in [0.15, 0.2) is 0 Å². The van der Waals surface area contributed by atoms with Crippen molar-refractivity contribution in [3.63, 3.8) is 0 Å². The summed E-state index contributed by atoms with van der Waals surface area (Å²) in [5.74, 6) is 0.215. The van der Waals surface area contributed by atoms with Crippen LogP contribution < -0.4 is 5.32 Å². The number of nitrogens with zero attached hydrogens (tertiary/aromatic N) is 2. The third-order valence-corrected chi connectivity index (χ3v) is 5.16. The fraction of sp³-hybridized carbons (Fsp3) is 0.643. The van der Waals surface area contributed by atoms with Gasteiger partial charge in [0.2, 0.25) is 5.95 Å². The van der Waals surface area contributed by atoms with Gasteiger partial charge in [-0.05, 0) is 32.9 Å². The summed E-state index contributed by atoms with van der Waals surface area (Å²) in [6.45, 7) is 4.80. The number of rotatable bonds is 6. The molecule has 1 aliphatic rings. The second-order valence-electron chi connectivity index (χ2n) is 5.01. The summed E-state index contributed by atoms with van der Waals surface area (Å²) in [5.41, 5.74) is 1.08. The summed E-state index contributed by atoms with van der Waals surface area (Å²) in [6.07, 6.45) is 7.46. The van der Waals surface area contributed by atoms with Gasteiger partial charge in [-0.1, -0.05) is 6.42 Å². The average Bonchev–Trinajstić information content (AvgIpc) is 2.38. The Hall–Kier alpha value is -1.30. The van der Waals surface area contributed by atoms with Crippen molar-refractivity contribution in [2.45, 2.75) is 37.9 Å². The largest absolute Gasteiger partial charge is 0.462 e. The van der Waals surface area contributed by atoms with Gasteiger partial charge in [0, 0.05) is 17.5 Å². The number of carbonyl (C=O) groups is 1. The number of ether oxygens (including phenoxy) is 1. The first kappa shape index (κ1) is 15.1. The number of aromatic nitrogens is 2. The average molecular weight is 295 g/mol. The van der Waals surface area contributed by atoms with E-state index in [2.05, 4.69) is 21.5 Å². The molecule has 1 saturated carbocycles. The maximum absolute atomic E-state index is 11.7. The Bertz CT molecular complexity index is 484. The van der Waals surface area contributed by atoms with E-state index in [0.717, 1.165) is 6.54 Å². The zero-order valence-corrected chi connectivity index (χ0v) is 13.0. The molecule has 110 valence electrons. The van der Waals surface area contributed by atoms with Crippen LogP contribution in [0.1, 0.15) is 42.2 Å². The summed E-state index contributed by atoms with van der Waals surface area (Å²) in [7, 11) is 0. The Labute approximate surface area is 123 Å². The second kappa shape index (κ2) is 6.43. The molecule has 1 aromatic rings. The van der Waals surface area contributed by atoms with Crippen molar-refractivity contribution >= 4 is 23.7 Å². The van der Waals surface area contributed by atoms with Gasteiger partial charge >= 0.3 is 5.97 Å². The minimum Gasteiger partial charge on any atom is -0.462 e. The summed E-state index contributed by atoms with van der Waals surface area (Å²) in [5, 5.41) is 3.28. The third kappa shape index (κ3) is 3.23. The highest BCUT2D eigenvalue weighted by atomic mass is 32.2. The molecule has 1 heterocycles. The zero-order valence-electron chi connectivity index (χ0n) is 12.2. The van der Waals surface area contributed by atoms with Crippen LogP contribution in [0.15, 0.2) is 6.20 Å². The van der Waals surface area contributed by atoms with Gasteiger partial charge in [0.1, 0.15) is 0 Å². The van der Waals surface area contributed by atoms with Crippen LogP contribution in [0, 0.1) is 6.92 Å². The molecule has 0 aromatic carbocycles. The van der Waals surface area contributed by atoms with Crippen molar-refractivity contribution in [2.75, 3.05) is 24.7 Å². The van der Waals surface area contributed by atoms with Crippen LogP contribution in [0.5, 0.6) is 0 Å². The summed E-state index contributed by atoms with van der Waals surface area (Å²) >= 11 is 1.90. The summed E-state index contributed by atoms with van der Waals surface area (Å²) in [6, 6.07) is 0. The number of anilines is 1. The molecule has 0 amide bonds. The van der Waals surface area contributed by atoms with Crippen LogP contribution in [-0.4, -0.2) is 40.1 Å². The lowest BCUT2D eigenvalue weighted by Crippen LogP contribution is -2.40. The first-order valence-corrected chi connectivity index (χ1v) is 8.12. The molecule has 0 unspecified atom stereocenters. The first-order chi connectivity index (χ1) is 9.60. The molecule has 0 bridgehead atoms. The number of thioether (sulfide) groups is 1. The van der Waals surface area contributed by atoms with Crippen LogP contribution in [0.3, 0.4) is 0 Å². The molecule has 0 spiro atoms. The van der Waals surface area contributed by atoms with Gasteiger partial charge < -0.3 is 10.1 Å². The van der Waals surface area contributed by atoms with Gasteiger partial charge in [0.25, 0.3) is 0 Å². The first-order valence-electron chi connectivity index (χ1n) is 6.90. The smallest absolute Gasteiger partial charge is 0.341 e. The highest BCUT2D eigenvalue weighted by Crippen LogP contribution is 2.42. The predicted octanol–water partition coefficient (Wildman–Crippen LogP) is 2.66. The molecule has 2 rings (SSSR count). The molecular formula is C14H21N3O2S. The quantitative estimate of drug-likeness (QED) is 0.814. The lowest BCUT2D eigenvalue weighted by atomic mass is 9.84.